The number of hydrogen-bond donors (Lipinski definition) is 1. The second-order valence-electron chi connectivity index (χ2n) is 3.94. The lowest BCUT2D eigenvalue weighted by Gasteiger charge is -2.02. The Hall–Kier alpha value is -1.66. The molecule has 0 atom stereocenters. The van der Waals surface area contributed by atoms with Crippen LogP contribution in [-0.4, -0.2) is 18.1 Å². The maximum Gasteiger partial charge on any atom is 0.374 e. The number of nitrogens with one attached hydrogen (secondary N) is 1. The van der Waals surface area contributed by atoms with Crippen molar-refractivity contribution in [2.75, 3.05) is 7.11 Å². The number of rotatable bonds is 6. The van der Waals surface area contributed by atoms with Crippen molar-refractivity contribution in [3.05, 3.63) is 39.7 Å². The van der Waals surface area contributed by atoms with Gasteiger partial charge in [-0.1, -0.05) is 6.92 Å². The minimum absolute atomic E-state index is 0.253. The molecule has 2 aromatic rings. The van der Waals surface area contributed by atoms with E-state index < -0.39 is 5.97 Å². The highest BCUT2D eigenvalue weighted by atomic mass is 32.1. The molecule has 102 valence electrons. The van der Waals surface area contributed by atoms with Crippen LogP contribution in [0.4, 0.5) is 0 Å². The molecule has 0 aliphatic carbocycles. The van der Waals surface area contributed by atoms with Crippen molar-refractivity contribution in [1.82, 2.24) is 10.3 Å². The third-order valence-electron chi connectivity index (χ3n) is 2.66. The monoisotopic (exact) mass is 280 g/mol. The van der Waals surface area contributed by atoms with Crippen LogP contribution in [0.1, 0.15) is 32.9 Å². The van der Waals surface area contributed by atoms with E-state index in [0.29, 0.717) is 13.1 Å². The van der Waals surface area contributed by atoms with Gasteiger partial charge in [-0.05, 0) is 12.5 Å². The molecule has 0 bridgehead atoms. The molecule has 0 fully saturated rings. The van der Waals surface area contributed by atoms with Crippen molar-refractivity contribution >= 4 is 17.3 Å². The summed E-state index contributed by atoms with van der Waals surface area (Å²) < 4.78 is 9.76. The molecular formula is C13H16N2O3S. The minimum atomic E-state index is -0.454. The van der Waals surface area contributed by atoms with Gasteiger partial charge in [0.15, 0.2) is 0 Å². The minimum Gasteiger partial charge on any atom is -0.463 e. The van der Waals surface area contributed by atoms with Gasteiger partial charge in [-0.25, -0.2) is 9.78 Å². The Kier molecular flexibility index (Phi) is 4.70. The van der Waals surface area contributed by atoms with E-state index in [2.05, 4.69) is 22.0 Å². The van der Waals surface area contributed by atoms with E-state index in [-0.39, 0.29) is 5.76 Å². The van der Waals surface area contributed by atoms with Crippen LogP contribution in [0.25, 0.3) is 0 Å². The van der Waals surface area contributed by atoms with Gasteiger partial charge in [0, 0.05) is 29.7 Å². The number of hydrogen-bond acceptors (Lipinski definition) is 6. The van der Waals surface area contributed by atoms with Gasteiger partial charge in [-0.3, -0.25) is 0 Å². The number of thiazole rings is 1. The molecule has 5 nitrogen and oxygen atoms in total. The SMILES string of the molecule is CCc1cnc(CNCc2ccoc2C(=O)OC)s1. The molecule has 0 saturated carbocycles. The van der Waals surface area contributed by atoms with Gasteiger partial charge in [0.25, 0.3) is 0 Å². The van der Waals surface area contributed by atoms with Gasteiger partial charge in [0.1, 0.15) is 5.01 Å². The van der Waals surface area contributed by atoms with Crippen LogP contribution in [0, 0.1) is 0 Å². The fourth-order valence-electron chi connectivity index (χ4n) is 1.64. The lowest BCUT2D eigenvalue weighted by molar-refractivity contribution is 0.0563. The number of carbonyl (C=O) groups excluding carboxylic acids is 1. The van der Waals surface area contributed by atoms with Crippen molar-refractivity contribution in [1.29, 1.82) is 0 Å². The van der Waals surface area contributed by atoms with Gasteiger partial charge in [0.05, 0.1) is 13.4 Å². The maximum atomic E-state index is 11.4. The Balaban J connectivity index is 1.89. The first-order valence-electron chi connectivity index (χ1n) is 6.03. The highest BCUT2D eigenvalue weighted by Crippen LogP contribution is 2.14. The normalized spacial score (nSPS) is 10.6. The van der Waals surface area contributed by atoms with E-state index in [1.165, 1.54) is 18.3 Å². The van der Waals surface area contributed by atoms with Gasteiger partial charge in [0.2, 0.25) is 5.76 Å². The molecule has 0 unspecified atom stereocenters. The molecule has 1 N–H and O–H groups in total. The predicted octanol–water partition coefficient (Wildman–Crippen LogP) is 2.37. The highest BCUT2D eigenvalue weighted by molar-refractivity contribution is 7.11. The van der Waals surface area contributed by atoms with Gasteiger partial charge < -0.3 is 14.5 Å². The summed E-state index contributed by atoms with van der Waals surface area (Å²) in [5.41, 5.74) is 0.791. The number of methoxy groups -OCH3 is 1. The van der Waals surface area contributed by atoms with E-state index in [9.17, 15) is 4.79 Å². The summed E-state index contributed by atoms with van der Waals surface area (Å²) in [6.07, 6.45) is 4.40. The van der Waals surface area contributed by atoms with E-state index in [1.807, 2.05) is 6.20 Å². The summed E-state index contributed by atoms with van der Waals surface area (Å²) in [6.45, 7) is 3.33. The molecule has 6 heteroatoms. The Morgan fingerprint density at radius 2 is 2.37 bits per heavy atom. The summed E-state index contributed by atoms with van der Waals surface area (Å²) in [6, 6.07) is 1.76. The summed E-state index contributed by atoms with van der Waals surface area (Å²) in [4.78, 5) is 17.0. The standard InChI is InChI=1S/C13H16N2O3S/c1-3-10-7-15-11(19-10)8-14-6-9-4-5-18-12(9)13(16)17-2/h4-5,7,14H,3,6,8H2,1-2H3. The van der Waals surface area contributed by atoms with Crippen LogP contribution in [0.5, 0.6) is 0 Å². The first kappa shape index (κ1) is 13.8. The Morgan fingerprint density at radius 3 is 3.05 bits per heavy atom. The van der Waals surface area contributed by atoms with Gasteiger partial charge in [-0.15, -0.1) is 11.3 Å². The van der Waals surface area contributed by atoms with Crippen molar-refractivity contribution in [3.8, 4) is 0 Å². The average molecular weight is 280 g/mol. The first-order chi connectivity index (χ1) is 9.24. The van der Waals surface area contributed by atoms with Crippen LogP contribution in [0.15, 0.2) is 22.9 Å². The lowest BCUT2D eigenvalue weighted by atomic mass is 10.2. The van der Waals surface area contributed by atoms with Crippen LogP contribution < -0.4 is 5.32 Å². The Bertz CT molecular complexity index is 548. The molecule has 0 spiro atoms. The van der Waals surface area contributed by atoms with E-state index in [4.69, 9.17) is 4.42 Å². The molecule has 19 heavy (non-hydrogen) atoms. The Labute approximate surface area is 115 Å². The number of furan rings is 1. The van der Waals surface area contributed by atoms with Crippen LogP contribution in [0.2, 0.25) is 0 Å². The van der Waals surface area contributed by atoms with E-state index >= 15 is 0 Å². The maximum absolute atomic E-state index is 11.4. The number of esters is 1. The molecule has 0 aliphatic rings. The second kappa shape index (κ2) is 6.49. The third-order valence-corrected chi connectivity index (χ3v) is 3.80. The van der Waals surface area contributed by atoms with Crippen LogP contribution in [0.3, 0.4) is 0 Å². The number of carbonyl (C=O) groups is 1. The van der Waals surface area contributed by atoms with Crippen molar-refractivity contribution in [2.45, 2.75) is 26.4 Å². The van der Waals surface area contributed by atoms with E-state index in [0.717, 1.165) is 17.0 Å². The largest absolute Gasteiger partial charge is 0.463 e. The number of aryl methyl sites for hydroxylation is 1. The molecule has 0 aromatic carbocycles. The number of nitrogens with zero attached hydrogens (tertiary/aromatic N) is 1. The van der Waals surface area contributed by atoms with Crippen LogP contribution >= 0.6 is 11.3 Å². The third kappa shape index (κ3) is 3.42. The van der Waals surface area contributed by atoms with Crippen molar-refractivity contribution in [2.24, 2.45) is 0 Å². The molecule has 0 saturated heterocycles. The Morgan fingerprint density at radius 1 is 1.53 bits per heavy atom. The molecular weight excluding hydrogens is 264 g/mol. The van der Waals surface area contributed by atoms with Gasteiger partial charge in [-0.2, -0.15) is 0 Å². The van der Waals surface area contributed by atoms with Gasteiger partial charge >= 0.3 is 5.97 Å². The zero-order chi connectivity index (χ0) is 13.7. The zero-order valence-electron chi connectivity index (χ0n) is 10.9. The second-order valence-corrected chi connectivity index (χ2v) is 5.14. The number of ether oxygens (including phenoxy) is 1. The fourth-order valence-corrected chi connectivity index (χ4v) is 2.48. The summed E-state index contributed by atoms with van der Waals surface area (Å²) >= 11 is 1.70. The molecule has 0 radical (unpaired) electrons. The average Bonchev–Trinajstić information content (AvgIpc) is 3.06. The molecule has 2 heterocycles. The van der Waals surface area contributed by atoms with Crippen molar-refractivity contribution in [3.63, 3.8) is 0 Å². The molecule has 2 rings (SSSR count). The summed E-state index contributed by atoms with van der Waals surface area (Å²) in [7, 11) is 1.34. The molecule has 0 amide bonds. The van der Waals surface area contributed by atoms with E-state index in [1.54, 1.807) is 17.4 Å². The summed E-state index contributed by atoms with van der Waals surface area (Å²) in [5, 5.41) is 4.28. The highest BCUT2D eigenvalue weighted by Gasteiger charge is 2.15. The van der Waals surface area contributed by atoms with Crippen molar-refractivity contribution < 1.29 is 13.9 Å². The predicted molar refractivity (Wildman–Crippen MR) is 72.1 cm³/mol. The first-order valence-corrected chi connectivity index (χ1v) is 6.85. The molecule has 0 aliphatic heterocycles. The number of aromatic nitrogens is 1. The zero-order valence-corrected chi connectivity index (χ0v) is 11.8. The lowest BCUT2D eigenvalue weighted by Crippen LogP contribution is -2.14. The summed E-state index contributed by atoms with van der Waals surface area (Å²) in [5.74, 6) is -0.201. The smallest absolute Gasteiger partial charge is 0.374 e. The van der Waals surface area contributed by atoms with Crippen LogP contribution in [-0.2, 0) is 24.2 Å². The molecule has 2 aromatic heterocycles. The quantitative estimate of drug-likeness (QED) is 0.823. The topological polar surface area (TPSA) is 64.4 Å². The fraction of sp³-hybridized carbons (Fsp3) is 0.385.